The van der Waals surface area contributed by atoms with Crippen LogP contribution >= 0.6 is 0 Å². The highest BCUT2D eigenvalue weighted by Gasteiger charge is 2.43. The molecule has 112 valence electrons. The minimum Gasteiger partial charge on any atom is -0.236 e. The van der Waals surface area contributed by atoms with Gasteiger partial charge in [-0.25, -0.2) is 23.2 Å². The fraction of sp³-hybridized carbons (Fsp3) is 0.923. The van der Waals surface area contributed by atoms with Crippen LogP contribution in [0.3, 0.4) is 0 Å². The van der Waals surface area contributed by atoms with E-state index in [-0.39, 0.29) is 0 Å². The number of hydrogen-bond acceptors (Lipinski definition) is 4. The Morgan fingerprint density at radius 3 is 2.26 bits per heavy atom. The second-order valence-corrected chi connectivity index (χ2v) is 6.57. The van der Waals surface area contributed by atoms with E-state index in [1.54, 1.807) is 5.71 Å². The molecule has 0 saturated heterocycles. The van der Waals surface area contributed by atoms with Gasteiger partial charge in [0.1, 0.15) is 13.1 Å². The number of halogens is 1. The molecule has 0 fully saturated rings. The van der Waals surface area contributed by atoms with Crippen molar-refractivity contribution in [3.05, 3.63) is 0 Å². The Morgan fingerprint density at radius 2 is 1.74 bits per heavy atom. The maximum atomic E-state index is 8.49. The monoisotopic (exact) mass is 293 g/mol. The first-order valence-electron chi connectivity index (χ1n) is 6.91. The molecular formula is C13H24ClNO4. The largest absolute Gasteiger partial charge is 0.236 e. The summed E-state index contributed by atoms with van der Waals surface area (Å²) in [5, 5.41) is 0. The first kappa shape index (κ1) is 16.9. The van der Waals surface area contributed by atoms with E-state index in [9.17, 15) is 0 Å². The van der Waals surface area contributed by atoms with Crippen LogP contribution in [0.1, 0.15) is 52.9 Å². The van der Waals surface area contributed by atoms with Crippen molar-refractivity contribution in [2.24, 2.45) is 11.3 Å². The molecule has 19 heavy (non-hydrogen) atoms. The van der Waals surface area contributed by atoms with Crippen molar-refractivity contribution in [1.82, 2.24) is 0 Å². The summed E-state index contributed by atoms with van der Waals surface area (Å²) in [7, 11) is -4.94. The second kappa shape index (κ2) is 6.50. The molecule has 2 rings (SSSR count). The lowest BCUT2D eigenvalue weighted by atomic mass is 9.70. The van der Waals surface area contributed by atoms with Gasteiger partial charge in [-0.15, -0.1) is 10.2 Å². The molecule has 0 saturated carbocycles. The summed E-state index contributed by atoms with van der Waals surface area (Å²) in [6.45, 7) is 9.93. The lowest BCUT2D eigenvalue weighted by Gasteiger charge is -2.37. The average Bonchev–Trinajstić information content (AvgIpc) is 2.27. The Morgan fingerprint density at radius 1 is 1.21 bits per heavy atom. The van der Waals surface area contributed by atoms with Crippen LogP contribution in [0, 0.1) is 21.6 Å². The Bertz CT molecular complexity index is 330. The minimum atomic E-state index is -4.94. The van der Waals surface area contributed by atoms with Crippen molar-refractivity contribution in [3.8, 4) is 0 Å². The topological polar surface area (TPSA) is 95.2 Å². The third kappa shape index (κ3) is 5.00. The highest BCUT2D eigenvalue weighted by atomic mass is 35.7. The summed E-state index contributed by atoms with van der Waals surface area (Å²) in [6.07, 6.45) is 6.97. The lowest BCUT2D eigenvalue weighted by molar-refractivity contribution is -2.00. The van der Waals surface area contributed by atoms with Crippen LogP contribution < -0.4 is 18.6 Å². The Hall–Kier alpha value is -0.200. The molecule has 0 aromatic carbocycles. The first-order valence-corrected chi connectivity index (χ1v) is 8.15. The lowest BCUT2D eigenvalue weighted by Crippen LogP contribution is -2.68. The molecule has 6 heteroatoms. The molecule has 2 aliphatic heterocycles. The van der Waals surface area contributed by atoms with Crippen molar-refractivity contribution >= 4 is 5.71 Å². The van der Waals surface area contributed by atoms with Gasteiger partial charge in [-0.2, -0.15) is 0 Å². The van der Waals surface area contributed by atoms with Crippen molar-refractivity contribution in [3.63, 3.8) is 0 Å². The van der Waals surface area contributed by atoms with Gasteiger partial charge in [-0.1, -0.05) is 20.8 Å². The van der Waals surface area contributed by atoms with Crippen molar-refractivity contribution in [2.45, 2.75) is 52.9 Å². The van der Waals surface area contributed by atoms with Gasteiger partial charge in [0.25, 0.3) is 0 Å². The molecular weight excluding hydrogens is 270 g/mol. The maximum Gasteiger partial charge on any atom is 0.161 e. The van der Waals surface area contributed by atoms with E-state index < -0.39 is 10.2 Å². The van der Waals surface area contributed by atoms with Crippen molar-refractivity contribution < 1.29 is 33.5 Å². The zero-order chi connectivity index (χ0) is 14.7. The third-order valence-corrected chi connectivity index (χ3v) is 4.43. The SMILES string of the molecule is CCC1(C)CCC[N+]2=C1C(C)CCC2.[O-][Cl+3]([O-])([O-])[O-]. The van der Waals surface area contributed by atoms with Gasteiger partial charge in [0.15, 0.2) is 5.71 Å². The van der Waals surface area contributed by atoms with E-state index in [4.69, 9.17) is 18.6 Å². The molecule has 2 atom stereocenters. The maximum absolute atomic E-state index is 8.49. The number of hydrogen-bond donors (Lipinski definition) is 0. The predicted molar refractivity (Wildman–Crippen MR) is 61.0 cm³/mol. The zero-order valence-electron chi connectivity index (χ0n) is 12.0. The quantitative estimate of drug-likeness (QED) is 0.540. The van der Waals surface area contributed by atoms with Gasteiger partial charge in [0, 0.05) is 24.2 Å². The highest BCUT2D eigenvalue weighted by Crippen LogP contribution is 2.37. The average molecular weight is 294 g/mol. The van der Waals surface area contributed by atoms with Crippen LogP contribution in [0.25, 0.3) is 0 Å². The summed E-state index contributed by atoms with van der Waals surface area (Å²) in [6, 6.07) is 0. The van der Waals surface area contributed by atoms with Crippen LogP contribution in [-0.4, -0.2) is 23.4 Å². The number of rotatable bonds is 1. The van der Waals surface area contributed by atoms with Gasteiger partial charge < -0.3 is 0 Å². The third-order valence-electron chi connectivity index (χ3n) is 4.43. The summed E-state index contributed by atoms with van der Waals surface area (Å²) in [5.41, 5.74) is 2.32. The Balaban J connectivity index is 0.000000312. The van der Waals surface area contributed by atoms with Crippen LogP contribution in [0.2, 0.25) is 0 Å². The molecule has 0 spiro atoms. The zero-order valence-corrected chi connectivity index (χ0v) is 12.7. The van der Waals surface area contributed by atoms with E-state index in [0.29, 0.717) is 5.41 Å². The molecule has 2 aliphatic rings. The van der Waals surface area contributed by atoms with Crippen LogP contribution in [0.15, 0.2) is 0 Å². The van der Waals surface area contributed by atoms with E-state index in [2.05, 4.69) is 25.3 Å². The summed E-state index contributed by atoms with van der Waals surface area (Å²) in [4.78, 5) is 0. The molecule has 0 radical (unpaired) electrons. The van der Waals surface area contributed by atoms with Gasteiger partial charge >= 0.3 is 0 Å². The van der Waals surface area contributed by atoms with Crippen LogP contribution in [0.5, 0.6) is 0 Å². The van der Waals surface area contributed by atoms with Gasteiger partial charge in [-0.3, -0.25) is 0 Å². The van der Waals surface area contributed by atoms with E-state index in [1.807, 2.05) is 0 Å². The summed E-state index contributed by atoms with van der Waals surface area (Å²) >= 11 is 0. The van der Waals surface area contributed by atoms with Crippen LogP contribution in [0.4, 0.5) is 0 Å². The Labute approximate surface area is 117 Å². The summed E-state index contributed by atoms with van der Waals surface area (Å²) in [5.74, 6) is 0.842. The number of nitrogens with zero attached hydrogens (tertiary/aromatic N) is 1. The fourth-order valence-electron chi connectivity index (χ4n) is 3.51. The highest BCUT2D eigenvalue weighted by molar-refractivity contribution is 5.88. The van der Waals surface area contributed by atoms with Crippen LogP contribution in [-0.2, 0) is 0 Å². The predicted octanol–water partition coefficient (Wildman–Crippen LogP) is -1.68. The van der Waals surface area contributed by atoms with Gasteiger partial charge in [0.2, 0.25) is 0 Å². The molecule has 0 bridgehead atoms. The molecule has 0 amide bonds. The molecule has 0 aliphatic carbocycles. The standard InChI is InChI=1S/C13H24N.ClHO4/c1-4-13(3)8-6-10-14-9-5-7-11(2)12(13)14;2-1(3,4)5/h11H,4-10H2,1-3H3;(H,2,3,4,5)/q+1;/p-1. The normalized spacial score (nSPS) is 31.4. The molecule has 2 unspecified atom stereocenters. The smallest absolute Gasteiger partial charge is 0.161 e. The van der Waals surface area contributed by atoms with Gasteiger partial charge in [-0.05, 0) is 19.3 Å². The Kier molecular flexibility index (Phi) is 5.77. The second-order valence-electron chi connectivity index (χ2n) is 5.81. The van der Waals surface area contributed by atoms with Gasteiger partial charge in [0.05, 0.1) is 0 Å². The molecule has 2 heterocycles. The molecule has 5 nitrogen and oxygen atoms in total. The summed E-state index contributed by atoms with van der Waals surface area (Å²) < 4.78 is 36.7. The van der Waals surface area contributed by atoms with Crippen molar-refractivity contribution in [1.29, 1.82) is 0 Å². The minimum absolute atomic E-state index is 0.526. The molecule has 0 N–H and O–H groups in total. The molecule has 0 aromatic rings. The molecule has 0 aromatic heterocycles. The fourth-order valence-corrected chi connectivity index (χ4v) is 3.51. The van der Waals surface area contributed by atoms with Crippen molar-refractivity contribution in [2.75, 3.05) is 13.1 Å². The van der Waals surface area contributed by atoms with E-state index >= 15 is 0 Å². The first-order chi connectivity index (χ1) is 8.67. The van der Waals surface area contributed by atoms with E-state index in [0.717, 1.165) is 5.92 Å². The van der Waals surface area contributed by atoms with E-state index in [1.165, 1.54) is 45.2 Å².